The predicted octanol–water partition coefficient (Wildman–Crippen LogP) is 3.44. The summed E-state index contributed by atoms with van der Waals surface area (Å²) in [4.78, 5) is 35.5. The third-order valence-corrected chi connectivity index (χ3v) is 7.08. The van der Waals surface area contributed by atoms with E-state index in [0.717, 1.165) is 61.1 Å². The van der Waals surface area contributed by atoms with Crippen molar-refractivity contribution in [3.05, 3.63) is 47.1 Å². The minimum atomic E-state index is -0.0567. The van der Waals surface area contributed by atoms with Crippen LogP contribution in [0.1, 0.15) is 0 Å². The molecule has 2 N–H and O–H groups in total. The Labute approximate surface area is 224 Å². The monoisotopic (exact) mass is 540 g/mol. The van der Waals surface area contributed by atoms with Crippen LogP contribution in [0.4, 0.5) is 10.8 Å². The average molecular weight is 541 g/mol. The number of nitrogens with one attached hydrogen (secondary N) is 2. The number of rotatable bonds is 9. The van der Waals surface area contributed by atoms with Gasteiger partial charge in [0.1, 0.15) is 23.7 Å². The molecule has 10 nitrogen and oxygen atoms in total. The Morgan fingerprint density at radius 2 is 1.97 bits per heavy atom. The van der Waals surface area contributed by atoms with Gasteiger partial charge in [-0.3, -0.25) is 9.69 Å². The summed E-state index contributed by atoms with van der Waals surface area (Å²) < 4.78 is 5.80. The largest absolute Gasteiger partial charge is 0.492 e. The van der Waals surface area contributed by atoms with Gasteiger partial charge in [-0.25, -0.2) is 15.0 Å². The molecule has 1 fully saturated rings. The SMILES string of the molecule is CN(C)CCOc1ccc(-c2nc3c(N4CCN(CC(=O)Nc5nccs5)CC4)c(Cl)cnc3[nH]2)cc1. The van der Waals surface area contributed by atoms with Gasteiger partial charge in [-0.2, -0.15) is 0 Å². The fourth-order valence-electron chi connectivity index (χ4n) is 4.19. The summed E-state index contributed by atoms with van der Waals surface area (Å²) in [7, 11) is 4.04. The van der Waals surface area contributed by atoms with Gasteiger partial charge in [0.2, 0.25) is 5.91 Å². The number of H-pyrrole nitrogens is 1. The van der Waals surface area contributed by atoms with Gasteiger partial charge in [0.25, 0.3) is 0 Å². The number of aromatic amines is 1. The Morgan fingerprint density at radius 1 is 1.19 bits per heavy atom. The van der Waals surface area contributed by atoms with Crippen LogP contribution in [0.2, 0.25) is 5.02 Å². The van der Waals surface area contributed by atoms with E-state index in [9.17, 15) is 4.79 Å². The molecule has 4 heterocycles. The van der Waals surface area contributed by atoms with Gasteiger partial charge in [-0.1, -0.05) is 11.6 Å². The Bertz CT molecular complexity index is 1330. The van der Waals surface area contributed by atoms with Crippen molar-refractivity contribution in [3.8, 4) is 17.1 Å². The first kappa shape index (κ1) is 25.4. The third kappa shape index (κ3) is 6.19. The van der Waals surface area contributed by atoms with Gasteiger partial charge in [-0.15, -0.1) is 11.3 Å². The van der Waals surface area contributed by atoms with E-state index in [2.05, 4.69) is 35.0 Å². The van der Waals surface area contributed by atoms with Crippen molar-refractivity contribution in [2.75, 3.05) is 70.2 Å². The maximum atomic E-state index is 12.3. The molecule has 1 aliphatic rings. The number of anilines is 2. The number of amides is 1. The number of ether oxygens (including phenoxy) is 1. The maximum absolute atomic E-state index is 12.3. The maximum Gasteiger partial charge on any atom is 0.240 e. The highest BCUT2D eigenvalue weighted by molar-refractivity contribution is 7.13. The number of carbonyl (C=O) groups excluding carboxylic acids is 1. The van der Waals surface area contributed by atoms with E-state index in [0.29, 0.717) is 29.0 Å². The minimum Gasteiger partial charge on any atom is -0.492 e. The van der Waals surface area contributed by atoms with Gasteiger partial charge in [0.05, 0.1) is 23.5 Å². The van der Waals surface area contributed by atoms with E-state index in [1.54, 1.807) is 12.4 Å². The molecule has 0 spiro atoms. The van der Waals surface area contributed by atoms with Crippen LogP contribution >= 0.6 is 22.9 Å². The molecule has 37 heavy (non-hydrogen) atoms. The number of thiazole rings is 1. The summed E-state index contributed by atoms with van der Waals surface area (Å²) in [5, 5.41) is 5.86. The fraction of sp³-hybridized carbons (Fsp3) is 0.360. The van der Waals surface area contributed by atoms with Crippen LogP contribution in [0.15, 0.2) is 42.0 Å². The Morgan fingerprint density at radius 3 is 2.68 bits per heavy atom. The number of halogens is 1. The molecular formula is C25H29ClN8O2S. The predicted molar refractivity (Wildman–Crippen MR) is 148 cm³/mol. The molecular weight excluding hydrogens is 512 g/mol. The third-order valence-electron chi connectivity index (χ3n) is 6.11. The van der Waals surface area contributed by atoms with Crippen molar-refractivity contribution in [2.24, 2.45) is 0 Å². The molecule has 1 amide bonds. The molecule has 5 rings (SSSR count). The number of piperazine rings is 1. The number of nitrogens with zero attached hydrogens (tertiary/aromatic N) is 6. The standard InChI is InChI=1S/C25H29ClN8O2S/c1-32(2)12-13-36-18-5-3-17(4-6-18)23-30-21-22(19(26)15-28-24(21)31-23)34-10-8-33(9-11-34)16-20(35)29-25-27-7-14-37-25/h3-7,14-15H,8-13,16H2,1-2H3,(H,27,29,35)(H,28,30,31). The molecule has 3 aromatic heterocycles. The summed E-state index contributed by atoms with van der Waals surface area (Å²) >= 11 is 8.03. The number of hydrogen-bond donors (Lipinski definition) is 2. The smallest absolute Gasteiger partial charge is 0.240 e. The number of pyridine rings is 1. The van der Waals surface area contributed by atoms with Crippen molar-refractivity contribution in [1.82, 2.24) is 29.7 Å². The van der Waals surface area contributed by atoms with Crippen LogP contribution in [0, 0.1) is 0 Å². The molecule has 0 saturated carbocycles. The van der Waals surface area contributed by atoms with Crippen LogP contribution in [-0.4, -0.2) is 95.6 Å². The topological polar surface area (TPSA) is 103 Å². The number of carbonyl (C=O) groups is 1. The van der Waals surface area contributed by atoms with Crippen molar-refractivity contribution in [1.29, 1.82) is 0 Å². The van der Waals surface area contributed by atoms with Gasteiger partial charge in [0.15, 0.2) is 10.8 Å². The van der Waals surface area contributed by atoms with Crippen LogP contribution < -0.4 is 15.0 Å². The number of hydrogen-bond acceptors (Lipinski definition) is 9. The number of aromatic nitrogens is 4. The highest BCUT2D eigenvalue weighted by Crippen LogP contribution is 2.34. The Hall–Kier alpha value is -3.25. The van der Waals surface area contributed by atoms with Crippen molar-refractivity contribution in [2.45, 2.75) is 0 Å². The molecule has 1 aliphatic heterocycles. The number of benzene rings is 1. The molecule has 1 saturated heterocycles. The molecule has 0 aliphatic carbocycles. The summed E-state index contributed by atoms with van der Waals surface area (Å²) in [6.45, 7) is 4.74. The molecule has 0 radical (unpaired) electrons. The zero-order valence-corrected chi connectivity index (χ0v) is 22.3. The second-order valence-corrected chi connectivity index (χ2v) is 10.4. The lowest BCUT2D eigenvalue weighted by molar-refractivity contribution is -0.117. The van der Waals surface area contributed by atoms with E-state index < -0.39 is 0 Å². The highest BCUT2D eigenvalue weighted by atomic mass is 35.5. The number of fused-ring (bicyclic) bond motifs is 1. The molecule has 0 atom stereocenters. The van der Waals surface area contributed by atoms with Crippen molar-refractivity contribution >= 4 is 50.8 Å². The fourth-order valence-corrected chi connectivity index (χ4v) is 4.99. The van der Waals surface area contributed by atoms with Gasteiger partial charge in [0, 0.05) is 49.9 Å². The normalized spacial score (nSPS) is 14.4. The van der Waals surface area contributed by atoms with E-state index in [4.69, 9.17) is 21.3 Å². The summed E-state index contributed by atoms with van der Waals surface area (Å²) in [6.07, 6.45) is 3.34. The Balaban J connectivity index is 1.25. The summed E-state index contributed by atoms with van der Waals surface area (Å²) in [6, 6.07) is 7.87. The lowest BCUT2D eigenvalue weighted by Crippen LogP contribution is -2.48. The van der Waals surface area contributed by atoms with E-state index in [1.807, 2.05) is 43.7 Å². The van der Waals surface area contributed by atoms with Gasteiger partial charge >= 0.3 is 0 Å². The molecule has 1 aromatic carbocycles. The second kappa shape index (κ2) is 11.4. The van der Waals surface area contributed by atoms with Crippen molar-refractivity contribution in [3.63, 3.8) is 0 Å². The zero-order chi connectivity index (χ0) is 25.8. The van der Waals surface area contributed by atoms with Crippen LogP contribution in [0.5, 0.6) is 5.75 Å². The molecule has 4 aromatic rings. The van der Waals surface area contributed by atoms with Crippen LogP contribution in [0.25, 0.3) is 22.6 Å². The van der Waals surface area contributed by atoms with Crippen molar-refractivity contribution < 1.29 is 9.53 Å². The summed E-state index contributed by atoms with van der Waals surface area (Å²) in [5.74, 6) is 1.49. The molecule has 0 unspecified atom stereocenters. The van der Waals surface area contributed by atoms with E-state index in [-0.39, 0.29) is 5.91 Å². The lowest BCUT2D eigenvalue weighted by atomic mass is 10.2. The van der Waals surface area contributed by atoms with E-state index >= 15 is 0 Å². The first-order valence-electron chi connectivity index (χ1n) is 12.0. The minimum absolute atomic E-state index is 0.0567. The lowest BCUT2D eigenvalue weighted by Gasteiger charge is -2.36. The van der Waals surface area contributed by atoms with Gasteiger partial charge in [-0.05, 0) is 38.4 Å². The zero-order valence-electron chi connectivity index (χ0n) is 20.8. The van der Waals surface area contributed by atoms with Crippen LogP contribution in [0.3, 0.4) is 0 Å². The summed E-state index contributed by atoms with van der Waals surface area (Å²) in [5.41, 5.74) is 3.23. The second-order valence-electron chi connectivity index (χ2n) is 9.06. The number of likely N-dealkylation sites (N-methyl/N-ethyl adjacent to an activating group) is 1. The highest BCUT2D eigenvalue weighted by Gasteiger charge is 2.24. The first-order chi connectivity index (χ1) is 18.0. The van der Waals surface area contributed by atoms with Crippen LogP contribution in [-0.2, 0) is 4.79 Å². The van der Waals surface area contributed by atoms with Gasteiger partial charge < -0.3 is 24.8 Å². The molecule has 194 valence electrons. The molecule has 0 bridgehead atoms. The molecule has 12 heteroatoms. The van der Waals surface area contributed by atoms with E-state index in [1.165, 1.54) is 11.3 Å². The number of imidazole rings is 1. The quantitative estimate of drug-likeness (QED) is 0.333. The average Bonchev–Trinajstić information content (AvgIpc) is 3.55. The first-order valence-corrected chi connectivity index (χ1v) is 13.3. The Kier molecular flexibility index (Phi) is 7.85.